The lowest BCUT2D eigenvalue weighted by Gasteiger charge is -2.38. The molecule has 0 atom stereocenters. The van der Waals surface area contributed by atoms with Crippen molar-refractivity contribution in [2.24, 2.45) is 5.92 Å². The smallest absolute Gasteiger partial charge is 0.489 e. The van der Waals surface area contributed by atoms with Crippen LogP contribution in [0.3, 0.4) is 0 Å². The lowest BCUT2D eigenvalue weighted by molar-refractivity contribution is -0.274. The van der Waals surface area contributed by atoms with Gasteiger partial charge in [0.15, 0.2) is 0 Å². The fraction of sp³-hybridized carbons (Fsp3) is 0.469. The maximum absolute atomic E-state index is 12.5. The molecule has 13 heteroatoms. The Kier molecular flexibility index (Phi) is 8.74. The first-order chi connectivity index (χ1) is 21.5. The monoisotopic (exact) mass is 627 g/mol. The third-order valence-electron chi connectivity index (χ3n) is 8.80. The van der Waals surface area contributed by atoms with E-state index in [9.17, 15) is 18.0 Å². The number of rotatable bonds is 10. The van der Waals surface area contributed by atoms with Crippen LogP contribution < -0.4 is 20.1 Å². The Balaban J connectivity index is 1.06. The largest absolute Gasteiger partial charge is 0.573 e. The molecule has 3 aliphatic rings. The van der Waals surface area contributed by atoms with Crippen molar-refractivity contribution in [3.8, 4) is 22.8 Å². The predicted octanol–water partition coefficient (Wildman–Crippen LogP) is 4.61. The van der Waals surface area contributed by atoms with E-state index in [-0.39, 0.29) is 30.3 Å². The third kappa shape index (κ3) is 7.25. The zero-order valence-electron chi connectivity index (χ0n) is 25.0. The van der Waals surface area contributed by atoms with E-state index in [1.54, 1.807) is 13.0 Å². The summed E-state index contributed by atoms with van der Waals surface area (Å²) >= 11 is 0. The van der Waals surface area contributed by atoms with Gasteiger partial charge in [-0.3, -0.25) is 9.69 Å². The maximum Gasteiger partial charge on any atom is 0.573 e. The number of benzene rings is 2. The quantitative estimate of drug-likeness (QED) is 0.329. The number of ether oxygens (including phenoxy) is 3. The van der Waals surface area contributed by atoms with E-state index in [0.717, 1.165) is 79.3 Å². The van der Waals surface area contributed by atoms with Gasteiger partial charge in [-0.05, 0) is 79.6 Å². The number of anilines is 2. The highest BCUT2D eigenvalue weighted by atomic mass is 19.4. The number of hydrogen-bond donors (Lipinski definition) is 2. The predicted molar refractivity (Wildman–Crippen MR) is 160 cm³/mol. The van der Waals surface area contributed by atoms with Crippen molar-refractivity contribution in [3.63, 3.8) is 0 Å². The van der Waals surface area contributed by atoms with Crippen molar-refractivity contribution in [3.05, 3.63) is 58.7 Å². The minimum absolute atomic E-state index is 0.0557. The second-order valence-corrected chi connectivity index (χ2v) is 11.8. The number of alkyl halides is 3. The number of halogens is 3. The van der Waals surface area contributed by atoms with Crippen LogP contribution in [0.2, 0.25) is 0 Å². The van der Waals surface area contributed by atoms with Gasteiger partial charge in [0.05, 0.1) is 24.3 Å². The van der Waals surface area contributed by atoms with Crippen LogP contribution in [0.5, 0.6) is 11.5 Å². The van der Waals surface area contributed by atoms with Crippen LogP contribution in [0, 0.1) is 12.8 Å². The molecule has 1 saturated heterocycles. The van der Waals surface area contributed by atoms with E-state index in [4.69, 9.17) is 20.3 Å². The normalized spacial score (nSPS) is 19.8. The Bertz CT molecular complexity index is 1550. The van der Waals surface area contributed by atoms with Crippen LogP contribution in [0.4, 0.5) is 24.9 Å². The number of aliphatic carboxylic acids is 1. The third-order valence-corrected chi connectivity index (χ3v) is 8.80. The number of aryl methyl sites for hydroxylation is 2. The first-order valence-electron chi connectivity index (χ1n) is 15.1. The summed E-state index contributed by atoms with van der Waals surface area (Å²) < 4.78 is 53.5. The van der Waals surface area contributed by atoms with E-state index in [1.807, 2.05) is 18.2 Å². The van der Waals surface area contributed by atoms with Gasteiger partial charge in [-0.15, -0.1) is 13.2 Å². The molecule has 10 nitrogen and oxygen atoms in total. The summed E-state index contributed by atoms with van der Waals surface area (Å²) in [6, 6.07) is 10.0. The Labute approximate surface area is 258 Å². The molecule has 2 aliphatic carbocycles. The van der Waals surface area contributed by atoms with Crippen molar-refractivity contribution in [2.45, 2.75) is 51.7 Å². The number of hydrogen-bond acceptors (Lipinski definition) is 9. The Morgan fingerprint density at radius 2 is 1.80 bits per heavy atom. The number of piperazine rings is 1. The second-order valence-electron chi connectivity index (χ2n) is 11.8. The van der Waals surface area contributed by atoms with Crippen molar-refractivity contribution in [1.82, 2.24) is 14.9 Å². The summed E-state index contributed by atoms with van der Waals surface area (Å²) in [6.07, 6.45) is -1.94. The van der Waals surface area contributed by atoms with Gasteiger partial charge in [0.1, 0.15) is 23.9 Å². The van der Waals surface area contributed by atoms with Gasteiger partial charge in [0, 0.05) is 43.9 Å². The molecule has 0 bridgehead atoms. The minimum Gasteiger partial charge on any atom is -0.489 e. The van der Waals surface area contributed by atoms with E-state index >= 15 is 0 Å². The molecule has 2 heterocycles. The molecule has 1 aromatic heterocycles. The molecule has 2 aromatic carbocycles. The van der Waals surface area contributed by atoms with Crippen LogP contribution in [-0.4, -0.2) is 77.7 Å². The van der Waals surface area contributed by atoms with Crippen molar-refractivity contribution in [2.75, 3.05) is 50.0 Å². The van der Waals surface area contributed by atoms with Gasteiger partial charge < -0.3 is 30.0 Å². The van der Waals surface area contributed by atoms with E-state index in [1.165, 1.54) is 12.1 Å². The van der Waals surface area contributed by atoms with Gasteiger partial charge in [0.25, 0.3) is 0 Å². The van der Waals surface area contributed by atoms with Gasteiger partial charge in [-0.2, -0.15) is 4.98 Å². The number of nitrogens with zero attached hydrogens (tertiary/aromatic N) is 4. The Hall–Kier alpha value is -4.10. The Morgan fingerprint density at radius 1 is 1.04 bits per heavy atom. The van der Waals surface area contributed by atoms with Gasteiger partial charge in [-0.25, -0.2) is 4.98 Å². The molecule has 0 radical (unpaired) electrons. The first-order valence-corrected chi connectivity index (χ1v) is 15.1. The van der Waals surface area contributed by atoms with Crippen LogP contribution in [-0.2, 0) is 29.0 Å². The molecule has 45 heavy (non-hydrogen) atoms. The van der Waals surface area contributed by atoms with E-state index in [2.05, 4.69) is 24.5 Å². The number of fused-ring (bicyclic) bond motifs is 3. The Morgan fingerprint density at radius 3 is 2.51 bits per heavy atom. The molecule has 3 aromatic rings. The van der Waals surface area contributed by atoms with Crippen LogP contribution in [0.15, 0.2) is 36.4 Å². The number of nitrogens with two attached hydrogens (primary N) is 1. The molecule has 2 fully saturated rings. The SMILES string of the molecule is Cc1cc(OC(F)(F)F)ccc1COc1ccc2c(c1)CCc1c-2nc(N)nc1N1CCN(CCO[C@H]2C[C@@H](C(=O)O)C2)CC1. The highest BCUT2D eigenvalue weighted by molar-refractivity contribution is 5.76. The molecule has 0 amide bonds. The zero-order valence-corrected chi connectivity index (χ0v) is 25.0. The van der Waals surface area contributed by atoms with Crippen LogP contribution in [0.1, 0.15) is 35.1 Å². The molecule has 0 unspecified atom stereocenters. The summed E-state index contributed by atoms with van der Waals surface area (Å²) in [4.78, 5) is 24.9. The van der Waals surface area contributed by atoms with E-state index < -0.39 is 12.3 Å². The molecule has 3 N–H and O–H groups in total. The molecule has 240 valence electrons. The highest BCUT2D eigenvalue weighted by Gasteiger charge is 2.35. The van der Waals surface area contributed by atoms with Crippen LogP contribution >= 0.6 is 0 Å². The summed E-state index contributed by atoms with van der Waals surface area (Å²) in [5, 5.41) is 9.03. The molecule has 1 saturated carbocycles. The number of nitrogen functional groups attached to an aromatic ring is 1. The van der Waals surface area contributed by atoms with Gasteiger partial charge >= 0.3 is 12.3 Å². The first kappa shape index (κ1) is 30.9. The zero-order chi connectivity index (χ0) is 31.7. The summed E-state index contributed by atoms with van der Waals surface area (Å²) in [5.74, 6) is 0.503. The average molecular weight is 628 g/mol. The summed E-state index contributed by atoms with van der Waals surface area (Å²) in [6.45, 7) is 6.65. The second kappa shape index (κ2) is 12.7. The number of carboxylic acid groups (broad SMARTS) is 1. The fourth-order valence-corrected chi connectivity index (χ4v) is 6.18. The van der Waals surface area contributed by atoms with E-state index in [0.29, 0.717) is 30.8 Å². The van der Waals surface area contributed by atoms with Crippen molar-refractivity contribution in [1.29, 1.82) is 0 Å². The average Bonchev–Trinajstić information content (AvgIpc) is 2.96. The standard InChI is InChI=1S/C32H36F3N5O5/c1-19-14-24(45-32(33,34)35)4-2-21(19)18-44-23-5-7-26-20(15-23)3-6-27-28(26)37-31(36)38-29(27)40-10-8-39(9-11-40)12-13-43-25-16-22(17-25)30(41)42/h2,4-5,7,14-15,22,25H,3,6,8-13,16-18H2,1H3,(H,41,42)(H2,36,37,38)/t22-,25+. The molecular weight excluding hydrogens is 591 g/mol. The minimum atomic E-state index is -4.74. The van der Waals surface area contributed by atoms with Crippen molar-refractivity contribution >= 4 is 17.7 Å². The summed E-state index contributed by atoms with van der Waals surface area (Å²) in [7, 11) is 0. The summed E-state index contributed by atoms with van der Waals surface area (Å²) in [5.41, 5.74) is 11.6. The number of carbonyl (C=O) groups is 1. The van der Waals surface area contributed by atoms with Crippen molar-refractivity contribution < 1.29 is 37.3 Å². The molecule has 1 aliphatic heterocycles. The topological polar surface area (TPSA) is 123 Å². The molecule has 6 rings (SSSR count). The fourth-order valence-electron chi connectivity index (χ4n) is 6.18. The lowest BCUT2D eigenvalue weighted by atomic mass is 9.82. The molecular formula is C32H36F3N5O5. The van der Waals surface area contributed by atoms with Crippen LogP contribution in [0.25, 0.3) is 11.3 Å². The lowest BCUT2D eigenvalue weighted by Crippen LogP contribution is -2.48. The maximum atomic E-state index is 12.5. The number of aromatic nitrogens is 2. The van der Waals surface area contributed by atoms with Gasteiger partial charge in [-0.1, -0.05) is 6.07 Å². The highest BCUT2D eigenvalue weighted by Crippen LogP contribution is 2.39. The number of carboxylic acids is 1. The molecule has 0 spiro atoms. The van der Waals surface area contributed by atoms with Gasteiger partial charge in [0.2, 0.25) is 5.95 Å².